The van der Waals surface area contributed by atoms with Crippen LogP contribution in [0.2, 0.25) is 0 Å². The maximum atomic E-state index is 12.2. The second-order valence-electron chi connectivity index (χ2n) is 5.76. The third-order valence-corrected chi connectivity index (χ3v) is 5.05. The molecule has 0 unspecified atom stereocenters. The van der Waals surface area contributed by atoms with Crippen LogP contribution in [0.15, 0.2) is 72.4 Å². The van der Waals surface area contributed by atoms with E-state index in [-0.39, 0.29) is 0 Å². The van der Waals surface area contributed by atoms with Gasteiger partial charge in [-0.25, -0.2) is 0 Å². The topological polar surface area (TPSA) is 29.5 Å². The summed E-state index contributed by atoms with van der Waals surface area (Å²) in [5, 5.41) is -0.472. The zero-order valence-electron chi connectivity index (χ0n) is 14.5. The molecule has 3 nitrogen and oxygen atoms in total. The van der Waals surface area contributed by atoms with Gasteiger partial charge < -0.3 is 0 Å². The van der Waals surface area contributed by atoms with E-state index in [2.05, 4.69) is 6.08 Å². The fraction of sp³-hybridized carbons (Fsp3) is 0.250. The van der Waals surface area contributed by atoms with E-state index in [1.54, 1.807) is 4.90 Å². The molecule has 0 bridgehead atoms. The average Bonchev–Trinajstić information content (AvgIpc) is 3.00. The van der Waals surface area contributed by atoms with Gasteiger partial charge in [-0.15, -0.1) is 0 Å². The summed E-state index contributed by atoms with van der Waals surface area (Å²) in [5.41, 5.74) is 2.46. The molecule has 1 aromatic rings. The van der Waals surface area contributed by atoms with Crippen LogP contribution >= 0.6 is 11.6 Å². The van der Waals surface area contributed by atoms with Gasteiger partial charge in [0.1, 0.15) is 0 Å². The fourth-order valence-electron chi connectivity index (χ4n) is 3.06. The molecular formula is C20H21ClNO2Tl. The Morgan fingerprint density at radius 1 is 1.32 bits per heavy atom. The second-order valence-corrected chi connectivity index (χ2v) is 7.38. The molecule has 0 aliphatic carbocycles. The summed E-state index contributed by atoms with van der Waals surface area (Å²) in [6, 6.07) is 10.1. The number of amides is 1. The second kappa shape index (κ2) is 9.50. The van der Waals surface area contributed by atoms with Crippen molar-refractivity contribution < 1.29 is 7.48 Å². The van der Waals surface area contributed by atoms with Crippen molar-refractivity contribution in [2.45, 2.75) is 19.4 Å². The van der Waals surface area contributed by atoms with E-state index in [0.29, 0.717) is 39.4 Å². The van der Waals surface area contributed by atoms with E-state index in [1.165, 1.54) is 0 Å². The Balaban J connectivity index is 2.64. The van der Waals surface area contributed by atoms with E-state index < -0.39 is 10.9 Å². The van der Waals surface area contributed by atoms with Gasteiger partial charge in [0.2, 0.25) is 0 Å². The number of allylic oxidation sites excluding steroid dienone is 4. The predicted octanol–water partition coefficient (Wildman–Crippen LogP) is 4.66. The summed E-state index contributed by atoms with van der Waals surface area (Å²) in [5.74, 6) is 0. The van der Waals surface area contributed by atoms with Crippen molar-refractivity contribution in [1.29, 1.82) is 0 Å². The Morgan fingerprint density at radius 3 is 2.60 bits per heavy atom. The van der Waals surface area contributed by atoms with Crippen LogP contribution in [0.5, 0.6) is 0 Å². The summed E-state index contributed by atoms with van der Waals surface area (Å²) in [4.78, 5) is 13.9. The number of carbonyl (C=O) groups is 1. The molecule has 1 aliphatic rings. The minimum absolute atomic E-state index is 0.372. The van der Waals surface area contributed by atoms with Gasteiger partial charge >= 0.3 is 172 Å². The molecule has 128 valence electrons. The molecular weight excluding hydrogens is 526 g/mol. The first-order chi connectivity index (χ1) is 12.1. The van der Waals surface area contributed by atoms with Crippen molar-refractivity contribution in [3.05, 3.63) is 77.9 Å². The van der Waals surface area contributed by atoms with Crippen LogP contribution in [0.1, 0.15) is 19.4 Å². The van der Waals surface area contributed by atoms with Gasteiger partial charge in [-0.05, 0) is 0 Å². The van der Waals surface area contributed by atoms with Crippen LogP contribution in [0.4, 0.5) is 4.79 Å². The predicted molar refractivity (Wildman–Crippen MR) is 105 cm³/mol. The van der Waals surface area contributed by atoms with Crippen LogP contribution in [0.25, 0.3) is 5.57 Å². The molecule has 1 aromatic carbocycles. The maximum absolute atomic E-state index is 12.2. The Bertz CT molecular complexity index is 724. The molecule has 0 radical (unpaired) electrons. The molecule has 0 spiro atoms. The molecule has 0 aromatic heterocycles. The Morgan fingerprint density at radius 2 is 2.04 bits per heavy atom. The van der Waals surface area contributed by atoms with Gasteiger partial charge in [0.05, 0.1) is 0 Å². The molecule has 2 rings (SSSR count). The number of halogens is 1. The van der Waals surface area contributed by atoms with Gasteiger partial charge in [0.15, 0.2) is 0 Å². The van der Waals surface area contributed by atoms with E-state index in [1.807, 2.05) is 74.6 Å². The van der Waals surface area contributed by atoms with Gasteiger partial charge in [0.25, 0.3) is 0 Å². The van der Waals surface area contributed by atoms with Crippen LogP contribution in [0, 0.1) is 0 Å². The number of nitrogens with zero attached hydrogens (tertiary/aromatic N) is 1. The number of benzene rings is 1. The zero-order valence-corrected chi connectivity index (χ0v) is 19.7. The van der Waals surface area contributed by atoms with Crippen molar-refractivity contribution in [3.8, 4) is 0 Å². The summed E-state index contributed by atoms with van der Waals surface area (Å²) in [6.45, 7) is 4.79. The van der Waals surface area contributed by atoms with Crippen molar-refractivity contribution in [3.63, 3.8) is 0 Å². The number of carbonyl (C=O) groups excluding carboxylic acids is 1. The molecule has 1 atom stereocenters. The molecule has 5 heteroatoms. The van der Waals surface area contributed by atoms with Gasteiger partial charge in [-0.1, -0.05) is 0 Å². The summed E-state index contributed by atoms with van der Waals surface area (Å²) >= 11 is 6.35. The summed E-state index contributed by atoms with van der Waals surface area (Å²) < 4.78 is 5.67. The van der Waals surface area contributed by atoms with Gasteiger partial charge in [0, 0.05) is 0 Å². The Labute approximate surface area is 171 Å². The molecule has 1 heterocycles. The normalized spacial score (nSPS) is 21.3. The molecule has 1 aliphatic heterocycles. The van der Waals surface area contributed by atoms with Crippen LogP contribution in [-0.2, 0) is 2.69 Å². The summed E-state index contributed by atoms with van der Waals surface area (Å²) in [7, 11) is 0. The third-order valence-electron chi connectivity index (χ3n) is 4.20. The van der Waals surface area contributed by atoms with Crippen molar-refractivity contribution >= 4 is 48.8 Å². The van der Waals surface area contributed by atoms with Crippen molar-refractivity contribution in [2.75, 3.05) is 13.2 Å². The first-order valence-corrected chi connectivity index (χ1v) is 10.3. The van der Waals surface area contributed by atoms with Crippen LogP contribution in [-0.4, -0.2) is 55.2 Å². The van der Waals surface area contributed by atoms with E-state index in [4.69, 9.17) is 14.3 Å². The monoisotopic (exact) mass is 547 g/mol. The summed E-state index contributed by atoms with van der Waals surface area (Å²) in [6.07, 6.45) is 12.1. The Hall–Kier alpha value is -1.18. The van der Waals surface area contributed by atoms with Crippen LogP contribution in [0.3, 0.4) is 0 Å². The molecule has 0 fully saturated rings. The number of hydrogen-bond acceptors (Lipinski definition) is 2. The quantitative estimate of drug-likeness (QED) is 0.225. The van der Waals surface area contributed by atoms with Gasteiger partial charge in [-0.3, -0.25) is 0 Å². The molecule has 0 saturated carbocycles. The SMILES string of the molecule is C\C=C/C=C(\C=C/C)[C@]1(C[O][Tl])C=C(c2ccccc2)CN1C(=O)Cl. The number of hydrogen-bond donors (Lipinski definition) is 0. The fourth-order valence-corrected chi connectivity index (χ4v) is 4.26. The van der Waals surface area contributed by atoms with Crippen molar-refractivity contribution in [1.82, 2.24) is 4.90 Å². The van der Waals surface area contributed by atoms with E-state index in [9.17, 15) is 4.79 Å². The Kier molecular flexibility index (Phi) is 7.65. The van der Waals surface area contributed by atoms with E-state index in [0.717, 1.165) is 16.7 Å². The standard InChI is InChI=1S/C20H21ClNO2.Tl/c1-3-5-12-18(9-4-2)20(15-23)13-17(14-22(20)19(21)24)16-10-7-6-8-11-16;/h3-13H,14-15H2,1-2H3;/q-1;+1/b5-3-,9-4-,18-12+;/t20-;/m1./s1. The third kappa shape index (κ3) is 4.51. The molecule has 0 N–H and O–H groups in total. The molecule has 1 amide bonds. The molecule has 25 heavy (non-hydrogen) atoms. The zero-order chi connectivity index (χ0) is 18.3. The van der Waals surface area contributed by atoms with Gasteiger partial charge in [-0.2, -0.15) is 0 Å². The molecule has 0 saturated heterocycles. The average molecular weight is 547 g/mol. The first-order valence-electron chi connectivity index (χ1n) is 8.11. The van der Waals surface area contributed by atoms with Crippen LogP contribution < -0.4 is 0 Å². The van der Waals surface area contributed by atoms with Crippen molar-refractivity contribution in [2.24, 2.45) is 0 Å². The minimum atomic E-state index is -0.690. The first kappa shape index (κ1) is 20.1. The van der Waals surface area contributed by atoms with E-state index >= 15 is 0 Å². The number of rotatable bonds is 6.